The Balaban J connectivity index is 1.35. The molecule has 0 saturated heterocycles. The maximum atomic E-state index is 13.2. The van der Waals surface area contributed by atoms with Crippen molar-refractivity contribution in [1.82, 2.24) is 24.5 Å². The molecule has 2 aromatic heterocycles. The monoisotopic (exact) mass is 494 g/mol. The molecule has 0 spiro atoms. The third kappa shape index (κ3) is 5.37. The number of anilines is 1. The minimum absolute atomic E-state index is 0.0416. The molecule has 0 bridgehead atoms. The van der Waals surface area contributed by atoms with Crippen LogP contribution in [-0.4, -0.2) is 30.5 Å². The second-order valence-corrected chi connectivity index (χ2v) is 7.80. The molecule has 1 amide bonds. The molecule has 0 aliphatic carbocycles. The van der Waals surface area contributed by atoms with E-state index < -0.39 is 11.7 Å². The lowest BCUT2D eigenvalue weighted by atomic mass is 10.2. The van der Waals surface area contributed by atoms with Gasteiger partial charge in [-0.25, -0.2) is 18.7 Å². The van der Waals surface area contributed by atoms with E-state index in [4.69, 9.17) is 39.5 Å². The summed E-state index contributed by atoms with van der Waals surface area (Å²) in [6.07, 6.45) is 3.01. The highest BCUT2D eigenvalue weighted by molar-refractivity contribution is 6.35. The predicted octanol–water partition coefficient (Wildman–Crippen LogP) is 4.91. The van der Waals surface area contributed by atoms with Gasteiger partial charge in [0.25, 0.3) is 5.91 Å². The summed E-state index contributed by atoms with van der Waals surface area (Å²) in [6, 6.07) is 10.5. The zero-order chi connectivity index (χ0) is 22.7. The quantitative estimate of drug-likeness (QED) is 0.394. The Kier molecular flexibility index (Phi) is 6.59. The van der Waals surface area contributed by atoms with Gasteiger partial charge in [0.2, 0.25) is 5.95 Å². The minimum Gasteiger partial charge on any atom is -0.470 e. The van der Waals surface area contributed by atoms with E-state index in [1.54, 1.807) is 30.5 Å². The Hall–Kier alpha value is -3.14. The molecule has 0 fully saturated rings. The van der Waals surface area contributed by atoms with Crippen molar-refractivity contribution in [3.63, 3.8) is 0 Å². The number of rotatable bonds is 7. The van der Waals surface area contributed by atoms with E-state index in [0.29, 0.717) is 21.4 Å². The molecule has 0 aliphatic rings. The van der Waals surface area contributed by atoms with E-state index in [-0.39, 0.29) is 29.9 Å². The summed E-state index contributed by atoms with van der Waals surface area (Å²) in [4.78, 5) is 16.5. The number of carbonyl (C=O) groups excluding carboxylic acids is 1. The summed E-state index contributed by atoms with van der Waals surface area (Å²) in [7, 11) is 0. The molecule has 2 aromatic carbocycles. The van der Waals surface area contributed by atoms with Crippen molar-refractivity contribution in [2.45, 2.75) is 13.3 Å². The van der Waals surface area contributed by atoms with Crippen molar-refractivity contribution in [3.8, 4) is 5.75 Å². The molecular formula is C20H14Cl3FN6O2. The van der Waals surface area contributed by atoms with Crippen LogP contribution in [0.5, 0.6) is 5.75 Å². The van der Waals surface area contributed by atoms with Crippen LogP contribution in [0, 0.1) is 5.82 Å². The molecule has 8 nitrogen and oxygen atoms in total. The van der Waals surface area contributed by atoms with Gasteiger partial charge < -0.3 is 4.74 Å². The fourth-order valence-electron chi connectivity index (χ4n) is 2.70. The molecule has 0 saturated carbocycles. The smallest absolute Gasteiger partial charge is 0.278 e. The normalized spacial score (nSPS) is 10.9. The number of ether oxygens (including phenoxy) is 1. The molecule has 0 unspecified atom stereocenters. The Morgan fingerprint density at radius 2 is 1.88 bits per heavy atom. The summed E-state index contributed by atoms with van der Waals surface area (Å²) < 4.78 is 21.7. The number of amides is 1. The summed E-state index contributed by atoms with van der Waals surface area (Å²) in [6.45, 7) is 0.307. The van der Waals surface area contributed by atoms with Gasteiger partial charge >= 0.3 is 0 Å². The van der Waals surface area contributed by atoms with Gasteiger partial charge in [-0.3, -0.25) is 10.1 Å². The molecule has 4 rings (SSSR count). The average Bonchev–Trinajstić information content (AvgIpc) is 3.39. The summed E-state index contributed by atoms with van der Waals surface area (Å²) >= 11 is 18.0. The van der Waals surface area contributed by atoms with Crippen molar-refractivity contribution < 1.29 is 13.9 Å². The van der Waals surface area contributed by atoms with Crippen LogP contribution in [0.2, 0.25) is 15.1 Å². The lowest BCUT2D eigenvalue weighted by molar-refractivity contribution is 0.101. The van der Waals surface area contributed by atoms with Crippen molar-refractivity contribution in [2.75, 3.05) is 5.32 Å². The maximum absolute atomic E-state index is 13.2. The average molecular weight is 496 g/mol. The van der Waals surface area contributed by atoms with Crippen molar-refractivity contribution in [3.05, 3.63) is 87.1 Å². The first-order valence-electron chi connectivity index (χ1n) is 9.13. The minimum atomic E-state index is -0.495. The number of halogens is 4. The third-order valence-corrected chi connectivity index (χ3v) is 5.11. The van der Waals surface area contributed by atoms with E-state index in [0.717, 1.165) is 0 Å². The number of hydrogen-bond acceptors (Lipinski definition) is 5. The van der Waals surface area contributed by atoms with Crippen LogP contribution >= 0.6 is 34.8 Å². The molecule has 32 heavy (non-hydrogen) atoms. The van der Waals surface area contributed by atoms with E-state index in [1.165, 1.54) is 33.9 Å². The fraction of sp³-hybridized carbons (Fsp3) is 0.100. The number of nitrogens with zero attached hydrogens (tertiary/aromatic N) is 5. The Morgan fingerprint density at radius 3 is 2.66 bits per heavy atom. The van der Waals surface area contributed by atoms with Gasteiger partial charge in [-0.2, -0.15) is 5.10 Å². The van der Waals surface area contributed by atoms with Gasteiger partial charge in [-0.15, -0.1) is 5.10 Å². The number of aromatic nitrogens is 5. The van der Waals surface area contributed by atoms with Gasteiger partial charge in [-0.05, 0) is 42.0 Å². The van der Waals surface area contributed by atoms with E-state index in [1.807, 2.05) is 0 Å². The van der Waals surface area contributed by atoms with Gasteiger partial charge in [0, 0.05) is 16.2 Å². The topological polar surface area (TPSA) is 86.9 Å². The Morgan fingerprint density at radius 1 is 1.03 bits per heavy atom. The molecule has 2 heterocycles. The molecular weight excluding hydrogens is 482 g/mol. The van der Waals surface area contributed by atoms with Crippen molar-refractivity contribution in [2.24, 2.45) is 0 Å². The van der Waals surface area contributed by atoms with Gasteiger partial charge in [0.05, 0.1) is 11.6 Å². The number of carbonyl (C=O) groups is 1. The zero-order valence-electron chi connectivity index (χ0n) is 16.2. The van der Waals surface area contributed by atoms with Gasteiger partial charge in [0.1, 0.15) is 17.9 Å². The molecule has 1 N–H and O–H groups in total. The first-order valence-corrected chi connectivity index (χ1v) is 10.3. The van der Waals surface area contributed by atoms with Crippen LogP contribution in [0.25, 0.3) is 0 Å². The first-order chi connectivity index (χ1) is 15.4. The molecule has 4 aromatic rings. The summed E-state index contributed by atoms with van der Waals surface area (Å²) in [5.74, 6) is -0.391. The van der Waals surface area contributed by atoms with Crippen LogP contribution in [-0.2, 0) is 13.3 Å². The van der Waals surface area contributed by atoms with E-state index in [2.05, 4.69) is 20.5 Å². The molecule has 0 radical (unpaired) electrons. The van der Waals surface area contributed by atoms with Gasteiger partial charge in [-0.1, -0.05) is 40.9 Å². The van der Waals surface area contributed by atoms with Crippen LogP contribution in [0.3, 0.4) is 0 Å². The molecule has 0 aliphatic heterocycles. The van der Waals surface area contributed by atoms with Crippen molar-refractivity contribution in [1.29, 1.82) is 0 Å². The second-order valence-electron chi connectivity index (χ2n) is 6.54. The van der Waals surface area contributed by atoms with E-state index in [9.17, 15) is 9.18 Å². The standard InChI is InChI=1S/C20H14Cl3FN6O2/c21-13-2-4-18(16(23)7-13)32-11-29-6-5-17(27-29)19(31)26-20-25-10-30(28-20)9-12-1-3-14(24)8-15(12)22/h1-8,10H,9,11H2,(H,26,28,31). The molecule has 12 heteroatoms. The summed E-state index contributed by atoms with van der Waals surface area (Å²) in [5.41, 5.74) is 0.809. The van der Waals surface area contributed by atoms with E-state index >= 15 is 0 Å². The first kappa shape index (κ1) is 22.1. The Bertz CT molecular complexity index is 1280. The Labute approximate surface area is 196 Å². The highest BCUT2D eigenvalue weighted by atomic mass is 35.5. The second kappa shape index (κ2) is 9.56. The van der Waals surface area contributed by atoms with Crippen LogP contribution in [0.4, 0.5) is 10.3 Å². The fourth-order valence-corrected chi connectivity index (χ4v) is 3.39. The van der Waals surface area contributed by atoms with Gasteiger partial charge in [0.15, 0.2) is 12.4 Å². The number of nitrogens with one attached hydrogen (secondary N) is 1. The maximum Gasteiger partial charge on any atom is 0.278 e. The summed E-state index contributed by atoms with van der Waals surface area (Å²) in [5, 5.41) is 12.0. The zero-order valence-corrected chi connectivity index (χ0v) is 18.4. The highest BCUT2D eigenvalue weighted by Gasteiger charge is 2.13. The number of benzene rings is 2. The predicted molar refractivity (Wildman–Crippen MR) is 118 cm³/mol. The van der Waals surface area contributed by atoms with Crippen LogP contribution in [0.15, 0.2) is 55.0 Å². The van der Waals surface area contributed by atoms with Crippen molar-refractivity contribution >= 4 is 46.7 Å². The number of hydrogen-bond donors (Lipinski definition) is 1. The lowest BCUT2D eigenvalue weighted by Crippen LogP contribution is -2.15. The third-order valence-electron chi connectivity index (χ3n) is 4.23. The lowest BCUT2D eigenvalue weighted by Gasteiger charge is -2.08. The molecule has 0 atom stereocenters. The van der Waals surface area contributed by atoms with Crippen LogP contribution in [0.1, 0.15) is 16.1 Å². The molecule has 164 valence electrons. The van der Waals surface area contributed by atoms with Crippen LogP contribution < -0.4 is 10.1 Å². The largest absolute Gasteiger partial charge is 0.470 e. The SMILES string of the molecule is O=C(Nc1ncn(Cc2ccc(F)cc2Cl)n1)c1ccn(COc2ccc(Cl)cc2Cl)n1. The highest BCUT2D eigenvalue weighted by Crippen LogP contribution is 2.27.